The maximum Gasteiger partial charge on any atom is 0.289 e. The Bertz CT molecular complexity index is 1000. The minimum Gasteiger partial charge on any atom is -0.485 e. The van der Waals surface area contributed by atoms with E-state index < -0.39 is 10.8 Å². The fourth-order valence-corrected chi connectivity index (χ4v) is 2.44. The lowest BCUT2D eigenvalue weighted by Crippen LogP contribution is -2.14. The zero-order valence-electron chi connectivity index (χ0n) is 14.0. The Kier molecular flexibility index (Phi) is 5.32. The summed E-state index contributed by atoms with van der Waals surface area (Å²) in [5, 5.41) is 17.3. The summed E-state index contributed by atoms with van der Waals surface area (Å²) in [4.78, 5) is 26.9. The minimum absolute atomic E-state index is 0.0165. The van der Waals surface area contributed by atoms with Gasteiger partial charge in [0.25, 0.3) is 11.6 Å². The molecule has 0 spiro atoms. The van der Waals surface area contributed by atoms with Crippen LogP contribution in [-0.2, 0) is 6.61 Å². The highest BCUT2D eigenvalue weighted by molar-refractivity contribution is 6.32. The van der Waals surface area contributed by atoms with Crippen molar-refractivity contribution in [3.63, 3.8) is 0 Å². The van der Waals surface area contributed by atoms with Crippen LogP contribution in [0.1, 0.15) is 22.1 Å². The molecule has 0 atom stereocenters. The van der Waals surface area contributed by atoms with E-state index in [0.717, 1.165) is 0 Å². The molecule has 1 amide bonds. The number of halogens is 1. The van der Waals surface area contributed by atoms with Crippen molar-refractivity contribution in [2.24, 2.45) is 0 Å². The first-order chi connectivity index (χ1) is 12.9. The molecule has 0 fully saturated rings. The van der Waals surface area contributed by atoms with E-state index in [1.165, 1.54) is 18.2 Å². The van der Waals surface area contributed by atoms with Crippen LogP contribution >= 0.6 is 11.6 Å². The number of ether oxygens (including phenoxy) is 1. The maximum atomic E-state index is 12.6. The van der Waals surface area contributed by atoms with Crippen molar-refractivity contribution in [2.75, 3.05) is 5.32 Å². The van der Waals surface area contributed by atoms with E-state index in [4.69, 9.17) is 20.9 Å². The van der Waals surface area contributed by atoms with Gasteiger partial charge in [0.2, 0.25) is 11.7 Å². The third-order valence-corrected chi connectivity index (χ3v) is 3.78. The van der Waals surface area contributed by atoms with Gasteiger partial charge in [0, 0.05) is 18.7 Å². The molecule has 0 bridgehead atoms. The second-order valence-corrected chi connectivity index (χ2v) is 5.80. The second-order valence-electron chi connectivity index (χ2n) is 5.39. The van der Waals surface area contributed by atoms with Crippen LogP contribution in [0.3, 0.4) is 0 Å². The van der Waals surface area contributed by atoms with Crippen LogP contribution in [0, 0.1) is 17.0 Å². The number of hydrogen-bond acceptors (Lipinski definition) is 7. The number of rotatable bonds is 6. The van der Waals surface area contributed by atoms with Gasteiger partial charge in [-0.3, -0.25) is 14.9 Å². The first-order valence-corrected chi connectivity index (χ1v) is 8.08. The van der Waals surface area contributed by atoms with Crippen LogP contribution in [0.4, 0.5) is 11.4 Å². The van der Waals surface area contributed by atoms with Crippen molar-refractivity contribution >= 4 is 28.9 Å². The SMILES string of the molecule is Cc1nc(COc2ccccc2C(=O)Nc2ccc(Cl)c([N+](=O)[O-])c2)no1. The summed E-state index contributed by atoms with van der Waals surface area (Å²) in [6, 6.07) is 10.6. The minimum atomic E-state index is -0.623. The highest BCUT2D eigenvalue weighted by Gasteiger charge is 2.17. The van der Waals surface area contributed by atoms with Gasteiger partial charge in [0.1, 0.15) is 10.8 Å². The van der Waals surface area contributed by atoms with Crippen LogP contribution in [0.5, 0.6) is 5.75 Å². The summed E-state index contributed by atoms with van der Waals surface area (Å²) < 4.78 is 10.5. The van der Waals surface area contributed by atoms with Gasteiger partial charge in [-0.25, -0.2) is 0 Å². The lowest BCUT2D eigenvalue weighted by atomic mass is 10.1. The van der Waals surface area contributed by atoms with Gasteiger partial charge in [-0.15, -0.1) is 0 Å². The number of anilines is 1. The van der Waals surface area contributed by atoms with Crippen LogP contribution in [0.25, 0.3) is 0 Å². The Balaban J connectivity index is 1.77. The summed E-state index contributed by atoms with van der Waals surface area (Å²) in [7, 11) is 0. The number of carbonyl (C=O) groups is 1. The van der Waals surface area contributed by atoms with E-state index in [1.807, 2.05) is 0 Å². The van der Waals surface area contributed by atoms with Crippen molar-refractivity contribution in [1.82, 2.24) is 10.1 Å². The molecule has 1 heterocycles. The third-order valence-electron chi connectivity index (χ3n) is 3.46. The molecule has 0 radical (unpaired) electrons. The van der Waals surface area contributed by atoms with Gasteiger partial charge >= 0.3 is 0 Å². The normalized spacial score (nSPS) is 10.4. The Morgan fingerprint density at radius 1 is 1.33 bits per heavy atom. The molecule has 0 aliphatic rings. The monoisotopic (exact) mass is 388 g/mol. The highest BCUT2D eigenvalue weighted by atomic mass is 35.5. The highest BCUT2D eigenvalue weighted by Crippen LogP contribution is 2.28. The number of para-hydroxylation sites is 1. The molecule has 0 aliphatic heterocycles. The molecule has 0 unspecified atom stereocenters. The van der Waals surface area contributed by atoms with Crippen molar-refractivity contribution in [3.05, 3.63) is 74.9 Å². The fraction of sp³-hybridized carbons (Fsp3) is 0.118. The zero-order valence-corrected chi connectivity index (χ0v) is 14.8. The van der Waals surface area contributed by atoms with E-state index in [-0.39, 0.29) is 28.6 Å². The molecule has 138 valence electrons. The predicted octanol–water partition coefficient (Wildman–Crippen LogP) is 3.77. The van der Waals surface area contributed by atoms with Crippen molar-refractivity contribution in [3.8, 4) is 5.75 Å². The third kappa shape index (κ3) is 4.39. The Hall–Kier alpha value is -3.46. The maximum absolute atomic E-state index is 12.6. The molecule has 0 aliphatic carbocycles. The number of benzene rings is 2. The summed E-state index contributed by atoms with van der Waals surface area (Å²) in [5.74, 6) is 0.562. The van der Waals surface area contributed by atoms with Gasteiger partial charge in [-0.05, 0) is 24.3 Å². The van der Waals surface area contributed by atoms with Crippen molar-refractivity contribution in [1.29, 1.82) is 0 Å². The molecule has 2 aromatic carbocycles. The molecule has 1 aromatic heterocycles. The van der Waals surface area contributed by atoms with Crippen LogP contribution in [0.2, 0.25) is 5.02 Å². The number of nitro groups is 1. The summed E-state index contributed by atoms with van der Waals surface area (Å²) in [5.41, 5.74) is 0.182. The smallest absolute Gasteiger partial charge is 0.289 e. The Morgan fingerprint density at radius 3 is 2.81 bits per heavy atom. The quantitative estimate of drug-likeness (QED) is 0.504. The number of aryl methyl sites for hydroxylation is 1. The fourth-order valence-electron chi connectivity index (χ4n) is 2.25. The van der Waals surface area contributed by atoms with E-state index in [2.05, 4.69) is 15.5 Å². The zero-order chi connectivity index (χ0) is 19.4. The number of aromatic nitrogens is 2. The van der Waals surface area contributed by atoms with Gasteiger partial charge in [-0.2, -0.15) is 4.98 Å². The number of carbonyl (C=O) groups excluding carboxylic acids is 1. The Morgan fingerprint density at radius 2 is 2.11 bits per heavy atom. The van der Waals surface area contributed by atoms with E-state index in [0.29, 0.717) is 17.5 Å². The molecular weight excluding hydrogens is 376 g/mol. The number of nitro benzene ring substituents is 1. The molecule has 1 N–H and O–H groups in total. The van der Waals surface area contributed by atoms with Crippen LogP contribution in [0.15, 0.2) is 47.0 Å². The lowest BCUT2D eigenvalue weighted by molar-refractivity contribution is -0.384. The average molecular weight is 389 g/mol. The molecule has 10 heteroatoms. The van der Waals surface area contributed by atoms with Crippen molar-refractivity contribution in [2.45, 2.75) is 13.5 Å². The van der Waals surface area contributed by atoms with Gasteiger partial charge in [0.15, 0.2) is 6.61 Å². The molecule has 3 rings (SSSR count). The Labute approximate surface area is 158 Å². The molecule has 3 aromatic rings. The van der Waals surface area contributed by atoms with E-state index in [9.17, 15) is 14.9 Å². The molecule has 9 nitrogen and oxygen atoms in total. The van der Waals surface area contributed by atoms with Gasteiger partial charge < -0.3 is 14.6 Å². The van der Waals surface area contributed by atoms with Gasteiger partial charge in [-0.1, -0.05) is 28.9 Å². The second kappa shape index (κ2) is 7.83. The van der Waals surface area contributed by atoms with Crippen LogP contribution < -0.4 is 10.1 Å². The molecule has 0 saturated carbocycles. The predicted molar refractivity (Wildman–Crippen MR) is 95.9 cm³/mol. The van der Waals surface area contributed by atoms with Gasteiger partial charge in [0.05, 0.1) is 10.5 Å². The number of amides is 1. The average Bonchev–Trinajstić information content (AvgIpc) is 3.07. The molecule has 27 heavy (non-hydrogen) atoms. The topological polar surface area (TPSA) is 120 Å². The summed E-state index contributed by atoms with van der Waals surface area (Å²) in [6.45, 7) is 1.68. The first-order valence-electron chi connectivity index (χ1n) is 7.70. The molecule has 0 saturated heterocycles. The number of hydrogen-bond donors (Lipinski definition) is 1. The van der Waals surface area contributed by atoms with E-state index in [1.54, 1.807) is 31.2 Å². The standard InChI is InChI=1S/C17H13ClN4O5/c1-10-19-16(21-27-10)9-26-15-5-3-2-4-12(15)17(23)20-11-6-7-13(18)14(8-11)22(24)25/h2-8H,9H2,1H3,(H,20,23). The number of nitrogens with one attached hydrogen (secondary N) is 1. The summed E-state index contributed by atoms with van der Waals surface area (Å²) >= 11 is 5.78. The number of nitrogens with zero attached hydrogens (tertiary/aromatic N) is 3. The largest absolute Gasteiger partial charge is 0.485 e. The van der Waals surface area contributed by atoms with Crippen molar-refractivity contribution < 1.29 is 19.0 Å². The summed E-state index contributed by atoms with van der Waals surface area (Å²) in [6.07, 6.45) is 0. The lowest BCUT2D eigenvalue weighted by Gasteiger charge is -2.11. The molecular formula is C17H13ClN4O5. The van der Waals surface area contributed by atoms with E-state index >= 15 is 0 Å². The first kappa shape index (κ1) is 18.3. The van der Waals surface area contributed by atoms with Crippen LogP contribution in [-0.4, -0.2) is 21.0 Å².